The first-order valence-corrected chi connectivity index (χ1v) is 9.73. The minimum absolute atomic E-state index is 0.0191. The van der Waals surface area contributed by atoms with E-state index in [1.807, 2.05) is 46.0 Å². The highest BCUT2D eigenvalue weighted by Gasteiger charge is 2.28. The fourth-order valence-electron chi connectivity index (χ4n) is 3.53. The Morgan fingerprint density at radius 3 is 3.00 bits per heavy atom. The van der Waals surface area contributed by atoms with Crippen molar-refractivity contribution in [1.29, 1.82) is 0 Å². The van der Waals surface area contributed by atoms with E-state index in [0.717, 1.165) is 42.8 Å². The van der Waals surface area contributed by atoms with Gasteiger partial charge in [-0.3, -0.25) is 9.89 Å². The molecule has 1 fully saturated rings. The first-order valence-electron chi connectivity index (χ1n) is 8.79. The number of nitrogens with one attached hydrogen (secondary N) is 1. The van der Waals surface area contributed by atoms with Crippen LogP contribution in [0.1, 0.15) is 28.0 Å². The van der Waals surface area contributed by atoms with E-state index in [1.54, 1.807) is 11.3 Å². The van der Waals surface area contributed by atoms with Crippen LogP contribution >= 0.6 is 11.3 Å². The quantitative estimate of drug-likeness (QED) is 0.727. The number of thiophene rings is 1. The summed E-state index contributed by atoms with van der Waals surface area (Å²) in [5.41, 5.74) is 4.55. The van der Waals surface area contributed by atoms with Gasteiger partial charge < -0.3 is 10.0 Å². The summed E-state index contributed by atoms with van der Waals surface area (Å²) in [6.07, 6.45) is 1.93. The summed E-state index contributed by atoms with van der Waals surface area (Å²) in [5, 5.41) is 20.5. The highest BCUT2D eigenvalue weighted by atomic mass is 32.1. The molecule has 6 heteroatoms. The molecule has 1 aliphatic rings. The molecule has 1 aromatic carbocycles. The number of rotatable bonds is 5. The summed E-state index contributed by atoms with van der Waals surface area (Å²) in [5.74, 6) is 0.470. The Morgan fingerprint density at radius 2 is 2.19 bits per heavy atom. The van der Waals surface area contributed by atoms with Crippen LogP contribution in [-0.4, -0.2) is 39.2 Å². The summed E-state index contributed by atoms with van der Waals surface area (Å²) < 4.78 is 0. The van der Waals surface area contributed by atoms with Crippen LogP contribution in [0.2, 0.25) is 0 Å². The van der Waals surface area contributed by atoms with Gasteiger partial charge in [-0.15, -0.1) is 0 Å². The number of hydrogen-bond acceptors (Lipinski definition) is 4. The molecule has 0 radical (unpaired) electrons. The molecule has 26 heavy (non-hydrogen) atoms. The van der Waals surface area contributed by atoms with Crippen molar-refractivity contribution in [3.05, 3.63) is 64.0 Å². The van der Waals surface area contributed by atoms with Crippen molar-refractivity contribution in [1.82, 2.24) is 15.1 Å². The third-order valence-corrected chi connectivity index (χ3v) is 5.58. The molecule has 5 nitrogen and oxygen atoms in total. The molecular weight excluding hydrogens is 346 g/mol. The maximum absolute atomic E-state index is 12.8. The van der Waals surface area contributed by atoms with E-state index in [4.69, 9.17) is 0 Å². The number of amides is 1. The van der Waals surface area contributed by atoms with Gasteiger partial charge in [-0.2, -0.15) is 16.4 Å². The Balaban J connectivity index is 1.39. The van der Waals surface area contributed by atoms with Gasteiger partial charge in [0.25, 0.3) is 5.91 Å². The fourth-order valence-corrected chi connectivity index (χ4v) is 4.18. The summed E-state index contributed by atoms with van der Waals surface area (Å²) in [6.45, 7) is 1.60. The monoisotopic (exact) mass is 367 g/mol. The van der Waals surface area contributed by atoms with Crippen molar-refractivity contribution in [2.24, 2.45) is 5.92 Å². The van der Waals surface area contributed by atoms with E-state index in [1.165, 1.54) is 5.56 Å². The topological polar surface area (TPSA) is 69.2 Å². The van der Waals surface area contributed by atoms with E-state index >= 15 is 0 Å². The van der Waals surface area contributed by atoms with Crippen LogP contribution < -0.4 is 0 Å². The van der Waals surface area contributed by atoms with Crippen molar-refractivity contribution < 1.29 is 9.90 Å². The number of carbonyl (C=O) groups excluding carboxylic acids is 1. The number of likely N-dealkylation sites (tertiary alicyclic amines) is 1. The van der Waals surface area contributed by atoms with E-state index < -0.39 is 0 Å². The highest BCUT2D eigenvalue weighted by Crippen LogP contribution is 2.25. The highest BCUT2D eigenvalue weighted by molar-refractivity contribution is 7.08. The second-order valence-corrected chi connectivity index (χ2v) is 7.55. The molecule has 1 aliphatic heterocycles. The Kier molecular flexibility index (Phi) is 4.86. The average molecular weight is 367 g/mol. The van der Waals surface area contributed by atoms with Gasteiger partial charge >= 0.3 is 0 Å². The predicted octanol–water partition coefficient (Wildman–Crippen LogP) is 3.34. The Bertz CT molecular complexity index is 888. The largest absolute Gasteiger partial charge is 0.392 e. The zero-order valence-corrected chi connectivity index (χ0v) is 15.2. The minimum atomic E-state index is 0.0191. The van der Waals surface area contributed by atoms with Crippen molar-refractivity contribution in [3.63, 3.8) is 0 Å². The van der Waals surface area contributed by atoms with Crippen LogP contribution in [0.25, 0.3) is 11.3 Å². The van der Waals surface area contributed by atoms with Crippen LogP contribution in [0.15, 0.2) is 47.2 Å². The van der Waals surface area contributed by atoms with Crippen LogP contribution in [0.3, 0.4) is 0 Å². The number of aromatic amines is 1. The smallest absolute Gasteiger partial charge is 0.271 e. The zero-order valence-electron chi connectivity index (χ0n) is 14.4. The number of H-pyrrole nitrogens is 1. The molecule has 0 unspecified atom stereocenters. The van der Waals surface area contributed by atoms with E-state index in [2.05, 4.69) is 16.3 Å². The number of carbonyl (C=O) groups is 1. The number of aliphatic hydroxyl groups excluding tert-OH is 1. The van der Waals surface area contributed by atoms with Crippen LogP contribution in [0.4, 0.5) is 0 Å². The van der Waals surface area contributed by atoms with Gasteiger partial charge in [-0.25, -0.2) is 0 Å². The molecule has 2 N–H and O–H groups in total. The van der Waals surface area contributed by atoms with E-state index in [9.17, 15) is 9.90 Å². The summed E-state index contributed by atoms with van der Waals surface area (Å²) in [4.78, 5) is 14.7. The van der Waals surface area contributed by atoms with Crippen molar-refractivity contribution >= 4 is 17.2 Å². The minimum Gasteiger partial charge on any atom is -0.392 e. The maximum Gasteiger partial charge on any atom is 0.271 e. The number of hydrogen-bond donors (Lipinski definition) is 2. The molecule has 0 spiro atoms. The van der Waals surface area contributed by atoms with Crippen molar-refractivity contribution in [2.45, 2.75) is 19.4 Å². The number of nitrogens with zero attached hydrogens (tertiary/aromatic N) is 2. The molecule has 0 aliphatic carbocycles. The molecule has 134 valence electrons. The second kappa shape index (κ2) is 7.43. The van der Waals surface area contributed by atoms with Crippen molar-refractivity contribution in [2.75, 3.05) is 13.1 Å². The SMILES string of the molecule is O=C(c1cc(-c2ccsc2)n[nH]1)N1CC[C@H](Cc2cccc(CO)c2)C1. The normalized spacial score (nSPS) is 17.0. The van der Waals surface area contributed by atoms with Crippen LogP contribution in [0, 0.1) is 5.92 Å². The van der Waals surface area contributed by atoms with Crippen LogP contribution in [-0.2, 0) is 13.0 Å². The molecule has 1 atom stereocenters. The van der Waals surface area contributed by atoms with Gasteiger partial charge in [0.2, 0.25) is 0 Å². The van der Waals surface area contributed by atoms with Gasteiger partial charge in [-0.05, 0) is 47.4 Å². The van der Waals surface area contributed by atoms with Gasteiger partial charge in [-0.1, -0.05) is 24.3 Å². The second-order valence-electron chi connectivity index (χ2n) is 6.77. The lowest BCUT2D eigenvalue weighted by Crippen LogP contribution is -2.29. The lowest BCUT2D eigenvalue weighted by atomic mass is 9.97. The van der Waals surface area contributed by atoms with Gasteiger partial charge in [0.15, 0.2) is 0 Å². The first kappa shape index (κ1) is 17.0. The predicted molar refractivity (Wildman–Crippen MR) is 102 cm³/mol. The third-order valence-electron chi connectivity index (χ3n) is 4.90. The van der Waals surface area contributed by atoms with Crippen molar-refractivity contribution in [3.8, 4) is 11.3 Å². The number of benzene rings is 1. The van der Waals surface area contributed by atoms with Crippen LogP contribution in [0.5, 0.6) is 0 Å². The van der Waals surface area contributed by atoms with Gasteiger partial charge in [0.1, 0.15) is 5.69 Å². The Labute approximate surface area is 156 Å². The summed E-state index contributed by atoms with van der Waals surface area (Å²) in [7, 11) is 0. The van der Waals surface area contributed by atoms with Gasteiger partial charge in [0.05, 0.1) is 12.3 Å². The standard InChI is InChI=1S/C20H21N3O2S/c24-12-16-3-1-2-14(9-16)8-15-4-6-23(11-15)20(25)19-10-18(21-22-19)17-5-7-26-13-17/h1-3,5,7,9-10,13,15,24H,4,6,8,11-12H2,(H,21,22)/t15-/m1/s1. The molecule has 0 bridgehead atoms. The fraction of sp³-hybridized carbons (Fsp3) is 0.300. The molecule has 1 saturated heterocycles. The summed E-state index contributed by atoms with van der Waals surface area (Å²) >= 11 is 1.62. The third kappa shape index (κ3) is 3.57. The maximum atomic E-state index is 12.8. The molecule has 4 rings (SSSR count). The van der Waals surface area contributed by atoms with E-state index in [-0.39, 0.29) is 12.5 Å². The lowest BCUT2D eigenvalue weighted by molar-refractivity contribution is 0.0781. The first-order chi connectivity index (χ1) is 12.7. The average Bonchev–Trinajstić information content (AvgIpc) is 3.41. The van der Waals surface area contributed by atoms with E-state index in [0.29, 0.717) is 11.6 Å². The molecule has 1 amide bonds. The Hall–Kier alpha value is -2.44. The number of aliphatic hydroxyl groups is 1. The Morgan fingerprint density at radius 1 is 1.31 bits per heavy atom. The molecule has 2 aromatic heterocycles. The molecule has 3 heterocycles. The molecule has 0 saturated carbocycles. The summed E-state index contributed by atoms with van der Waals surface area (Å²) in [6, 6.07) is 11.9. The number of aromatic nitrogens is 2. The van der Waals surface area contributed by atoms with Gasteiger partial charge in [0, 0.05) is 24.0 Å². The zero-order chi connectivity index (χ0) is 17.9. The molecule has 3 aromatic rings. The lowest BCUT2D eigenvalue weighted by Gasteiger charge is -2.15. The molecular formula is C20H21N3O2S.